The number of aryl methyl sites for hydroxylation is 2. The van der Waals surface area contributed by atoms with Gasteiger partial charge in [-0.15, -0.1) is 6.58 Å². The summed E-state index contributed by atoms with van der Waals surface area (Å²) in [5, 5.41) is 6.28. The van der Waals surface area contributed by atoms with Gasteiger partial charge in [0, 0.05) is 38.0 Å². The largest absolute Gasteiger partial charge is 0.388 e. The van der Waals surface area contributed by atoms with Crippen LogP contribution in [-0.2, 0) is 11.2 Å². The number of benzene rings is 1. The fourth-order valence-corrected chi connectivity index (χ4v) is 5.41. The first-order chi connectivity index (χ1) is 14.5. The molecule has 5 nitrogen and oxygen atoms in total. The van der Waals surface area contributed by atoms with Gasteiger partial charge in [-0.05, 0) is 81.2 Å². The van der Waals surface area contributed by atoms with Crippen LogP contribution in [0.2, 0.25) is 0 Å². The maximum Gasteiger partial charge on any atom is 0.253 e. The van der Waals surface area contributed by atoms with Gasteiger partial charge in [0.25, 0.3) is 5.91 Å². The van der Waals surface area contributed by atoms with E-state index in [0.717, 1.165) is 69.6 Å². The van der Waals surface area contributed by atoms with E-state index in [1.54, 1.807) is 0 Å². The first-order valence-electron chi connectivity index (χ1n) is 11.1. The zero-order valence-electron chi connectivity index (χ0n) is 18.7. The molecule has 0 aliphatic carbocycles. The molecule has 164 valence electrons. The van der Waals surface area contributed by atoms with Gasteiger partial charge in [0.05, 0.1) is 0 Å². The van der Waals surface area contributed by atoms with E-state index in [1.165, 1.54) is 22.4 Å². The summed E-state index contributed by atoms with van der Waals surface area (Å²) in [5.41, 5.74) is 4.83. The van der Waals surface area contributed by atoms with Crippen LogP contribution in [0.5, 0.6) is 0 Å². The van der Waals surface area contributed by atoms with Crippen LogP contribution in [0.15, 0.2) is 29.8 Å². The third-order valence-electron chi connectivity index (χ3n) is 6.26. The highest BCUT2D eigenvalue weighted by atomic mass is 32.2. The molecule has 1 spiro atoms. The summed E-state index contributed by atoms with van der Waals surface area (Å²) in [6, 6.07) is 4.45. The summed E-state index contributed by atoms with van der Waals surface area (Å²) in [4.78, 5) is 17.5. The second-order valence-corrected chi connectivity index (χ2v) is 9.61. The Balaban J connectivity index is 1.46. The van der Waals surface area contributed by atoms with Crippen LogP contribution in [0.4, 0.5) is 5.69 Å². The summed E-state index contributed by atoms with van der Waals surface area (Å²) in [6.07, 6.45) is 8.70. The zero-order chi connectivity index (χ0) is 21.6. The predicted molar refractivity (Wildman–Crippen MR) is 129 cm³/mol. The number of rotatable bonds is 10. The number of anilines is 1. The van der Waals surface area contributed by atoms with Gasteiger partial charge >= 0.3 is 0 Å². The highest BCUT2D eigenvalue weighted by Gasteiger charge is 2.45. The molecule has 6 heteroatoms. The van der Waals surface area contributed by atoms with Crippen LogP contribution >= 0.6 is 11.9 Å². The normalized spacial score (nSPS) is 18.4. The van der Waals surface area contributed by atoms with Crippen molar-refractivity contribution in [1.29, 1.82) is 0 Å². The number of allylic oxidation sites excluding steroid dienone is 1. The Labute approximate surface area is 185 Å². The molecule has 0 atom stereocenters. The maximum atomic E-state index is 12.6. The number of aliphatic imine (C=N–C) groups is 1. The van der Waals surface area contributed by atoms with Gasteiger partial charge in [-0.1, -0.05) is 18.0 Å². The van der Waals surface area contributed by atoms with Crippen LogP contribution in [0.3, 0.4) is 0 Å². The molecule has 0 saturated carbocycles. The SMILES string of the molecule is C=CCCCCC1=NC2(CCN(SCCc3c(C)cc(NC)cc3C)CC2)C(=O)N1. The number of hydrogen-bond donors (Lipinski definition) is 2. The smallest absolute Gasteiger partial charge is 0.253 e. The molecular weight excluding hydrogens is 392 g/mol. The molecule has 3 rings (SSSR count). The number of unbranched alkanes of at least 4 members (excludes halogenated alkanes) is 2. The molecule has 0 bridgehead atoms. The molecule has 2 aliphatic rings. The number of amidine groups is 1. The van der Waals surface area contributed by atoms with Crippen molar-refractivity contribution in [3.8, 4) is 0 Å². The molecular formula is C24H36N4OS. The fraction of sp³-hybridized carbons (Fsp3) is 0.583. The second-order valence-electron chi connectivity index (χ2n) is 8.43. The van der Waals surface area contributed by atoms with Crippen molar-refractivity contribution < 1.29 is 4.79 Å². The van der Waals surface area contributed by atoms with E-state index in [0.29, 0.717) is 0 Å². The molecule has 0 unspecified atom stereocenters. The Kier molecular flexibility index (Phi) is 8.00. The van der Waals surface area contributed by atoms with Crippen LogP contribution in [0.25, 0.3) is 0 Å². The van der Waals surface area contributed by atoms with Crippen molar-refractivity contribution in [1.82, 2.24) is 9.62 Å². The van der Waals surface area contributed by atoms with Crippen molar-refractivity contribution in [3.63, 3.8) is 0 Å². The number of nitrogens with zero attached hydrogens (tertiary/aromatic N) is 2. The molecule has 2 N–H and O–H groups in total. The Bertz CT molecular complexity index is 773. The lowest BCUT2D eigenvalue weighted by Crippen LogP contribution is -2.47. The van der Waals surface area contributed by atoms with Crippen LogP contribution < -0.4 is 10.6 Å². The standard InChI is InChI=1S/C24H36N4OS/c1-5-6-7-8-9-22-26-23(29)24(27-22)11-13-28(14-12-24)30-15-10-21-18(2)16-20(25-4)17-19(21)3/h5,16-17,25H,1,6-15H2,2-4H3,(H,26,27,29). The molecule has 1 amide bonds. The van der Waals surface area contributed by atoms with E-state index in [2.05, 4.69) is 47.5 Å². The molecule has 1 aromatic carbocycles. The number of carbonyl (C=O) groups is 1. The van der Waals surface area contributed by atoms with Crippen molar-refractivity contribution in [2.24, 2.45) is 4.99 Å². The molecule has 0 radical (unpaired) electrons. The zero-order valence-corrected chi connectivity index (χ0v) is 19.5. The predicted octanol–water partition coefficient (Wildman–Crippen LogP) is 4.65. The van der Waals surface area contributed by atoms with E-state index >= 15 is 0 Å². The summed E-state index contributed by atoms with van der Waals surface area (Å²) in [5.74, 6) is 2.07. The third-order valence-corrected chi connectivity index (χ3v) is 7.38. The Morgan fingerprint density at radius 3 is 2.57 bits per heavy atom. The number of hydrogen-bond acceptors (Lipinski definition) is 5. The molecule has 1 saturated heterocycles. The van der Waals surface area contributed by atoms with Crippen molar-refractivity contribution in [3.05, 3.63) is 41.5 Å². The van der Waals surface area contributed by atoms with E-state index in [9.17, 15) is 4.79 Å². The Hall–Kier alpha value is -1.79. The molecule has 2 heterocycles. The lowest BCUT2D eigenvalue weighted by atomic mass is 9.89. The summed E-state index contributed by atoms with van der Waals surface area (Å²) >= 11 is 1.91. The lowest BCUT2D eigenvalue weighted by molar-refractivity contribution is -0.124. The minimum Gasteiger partial charge on any atom is -0.388 e. The summed E-state index contributed by atoms with van der Waals surface area (Å²) in [7, 11) is 1.97. The quantitative estimate of drug-likeness (QED) is 0.324. The molecule has 1 aromatic rings. The highest BCUT2D eigenvalue weighted by Crippen LogP contribution is 2.33. The van der Waals surface area contributed by atoms with Crippen molar-refractivity contribution in [2.75, 3.05) is 31.2 Å². The van der Waals surface area contributed by atoms with Crippen LogP contribution in [-0.4, -0.2) is 47.5 Å². The van der Waals surface area contributed by atoms with E-state index < -0.39 is 5.54 Å². The maximum absolute atomic E-state index is 12.6. The van der Waals surface area contributed by atoms with Gasteiger partial charge in [0.15, 0.2) is 0 Å². The highest BCUT2D eigenvalue weighted by molar-refractivity contribution is 7.97. The summed E-state index contributed by atoms with van der Waals surface area (Å²) < 4.78 is 2.42. The van der Waals surface area contributed by atoms with Gasteiger partial charge in [-0.25, -0.2) is 0 Å². The van der Waals surface area contributed by atoms with Crippen LogP contribution in [0, 0.1) is 13.8 Å². The topological polar surface area (TPSA) is 56.7 Å². The molecule has 30 heavy (non-hydrogen) atoms. The average molecular weight is 429 g/mol. The fourth-order valence-electron chi connectivity index (χ4n) is 4.42. The van der Waals surface area contributed by atoms with E-state index in [1.807, 2.05) is 25.1 Å². The van der Waals surface area contributed by atoms with Gasteiger partial charge in [0.2, 0.25) is 0 Å². The monoisotopic (exact) mass is 428 g/mol. The molecule has 2 aliphatic heterocycles. The number of piperidine rings is 1. The summed E-state index contributed by atoms with van der Waals surface area (Å²) in [6.45, 7) is 10.00. The van der Waals surface area contributed by atoms with Crippen LogP contribution in [0.1, 0.15) is 55.2 Å². The van der Waals surface area contributed by atoms with Gasteiger partial charge in [-0.3, -0.25) is 14.1 Å². The van der Waals surface area contributed by atoms with Crippen molar-refractivity contribution in [2.45, 2.75) is 64.3 Å². The Morgan fingerprint density at radius 1 is 1.23 bits per heavy atom. The lowest BCUT2D eigenvalue weighted by Gasteiger charge is -2.34. The minimum atomic E-state index is -0.513. The molecule has 0 aromatic heterocycles. The average Bonchev–Trinajstić information content (AvgIpc) is 3.03. The molecule has 1 fully saturated rings. The minimum absolute atomic E-state index is 0.113. The Morgan fingerprint density at radius 2 is 1.93 bits per heavy atom. The number of nitrogens with one attached hydrogen (secondary N) is 2. The van der Waals surface area contributed by atoms with Crippen molar-refractivity contribution >= 4 is 29.4 Å². The van der Waals surface area contributed by atoms with Gasteiger partial charge in [-0.2, -0.15) is 0 Å². The first kappa shape index (κ1) is 22.9. The van der Waals surface area contributed by atoms with E-state index in [-0.39, 0.29) is 5.91 Å². The van der Waals surface area contributed by atoms with E-state index in [4.69, 9.17) is 4.99 Å². The number of carbonyl (C=O) groups excluding carboxylic acids is 1. The van der Waals surface area contributed by atoms with Gasteiger partial charge < -0.3 is 10.6 Å². The van der Waals surface area contributed by atoms with Gasteiger partial charge in [0.1, 0.15) is 11.4 Å². The first-order valence-corrected chi connectivity index (χ1v) is 12.1. The second kappa shape index (κ2) is 10.5. The third kappa shape index (κ3) is 5.46. The number of amides is 1.